The Morgan fingerprint density at radius 3 is 2.33 bits per heavy atom. The van der Waals surface area contributed by atoms with Crippen LogP contribution in [-0.2, 0) is 4.79 Å². The van der Waals surface area contributed by atoms with E-state index in [9.17, 15) is 9.90 Å². The first kappa shape index (κ1) is 9.64. The Kier molecular flexibility index (Phi) is 1.91. The monoisotopic (exact) mass is 210 g/mol. The summed E-state index contributed by atoms with van der Waals surface area (Å²) in [6.45, 7) is 0. The second kappa shape index (κ2) is 2.97. The average Bonchev–Trinajstić information content (AvgIpc) is 2.10. The van der Waals surface area contributed by atoms with Crippen molar-refractivity contribution in [2.24, 2.45) is 23.2 Å². The maximum absolute atomic E-state index is 10.9. The molecule has 2 N–H and O–H groups in total. The molecule has 2 atom stereocenters. The number of hydrogen-bond acceptors (Lipinski definition) is 2. The molecule has 0 radical (unpaired) electrons. The van der Waals surface area contributed by atoms with Gasteiger partial charge in [0.05, 0.1) is 12.5 Å². The summed E-state index contributed by atoms with van der Waals surface area (Å²) >= 11 is 0. The van der Waals surface area contributed by atoms with E-state index in [1.165, 1.54) is 0 Å². The first-order chi connectivity index (χ1) is 7.08. The van der Waals surface area contributed by atoms with Crippen molar-refractivity contribution < 1.29 is 15.0 Å². The van der Waals surface area contributed by atoms with Gasteiger partial charge in [0.2, 0.25) is 0 Å². The van der Waals surface area contributed by atoms with Crippen molar-refractivity contribution in [1.29, 1.82) is 0 Å². The number of carboxylic acid groups (broad SMARTS) is 1. The maximum atomic E-state index is 10.9. The Labute approximate surface area is 89.5 Å². The first-order valence-electron chi connectivity index (χ1n) is 5.98. The number of aliphatic hydroxyl groups excluding tert-OH is 1. The predicted molar refractivity (Wildman–Crippen MR) is 54.2 cm³/mol. The van der Waals surface area contributed by atoms with Crippen LogP contribution < -0.4 is 0 Å². The molecular weight excluding hydrogens is 192 g/mol. The molecule has 0 aromatic heterocycles. The quantitative estimate of drug-likeness (QED) is 0.728. The molecule has 0 spiro atoms. The third-order valence-corrected chi connectivity index (χ3v) is 4.88. The molecule has 0 saturated heterocycles. The van der Waals surface area contributed by atoms with Gasteiger partial charge in [0.15, 0.2) is 0 Å². The molecule has 3 heteroatoms. The van der Waals surface area contributed by atoms with Gasteiger partial charge in [0, 0.05) is 0 Å². The van der Waals surface area contributed by atoms with E-state index >= 15 is 0 Å². The zero-order valence-electron chi connectivity index (χ0n) is 8.85. The van der Waals surface area contributed by atoms with Crippen molar-refractivity contribution in [3.63, 3.8) is 0 Å². The van der Waals surface area contributed by atoms with E-state index in [2.05, 4.69) is 0 Å². The summed E-state index contributed by atoms with van der Waals surface area (Å²) in [7, 11) is 0. The standard InChI is InChI=1S/C12H18O3/c13-10(14)6-12-3-7-1-8(4-12)11(15)9(2-7)5-12/h7-9,11,15H,1-6H2,(H,13,14). The Bertz CT molecular complexity index is 283. The predicted octanol–water partition coefficient (Wildman–Crippen LogP) is 1.65. The molecule has 4 saturated carbocycles. The summed E-state index contributed by atoms with van der Waals surface area (Å²) in [4.78, 5) is 10.9. The SMILES string of the molecule is O=C(O)CC12CC3CC(C1)C(O)C(C3)C2. The van der Waals surface area contributed by atoms with Crippen LogP contribution in [0.5, 0.6) is 0 Å². The van der Waals surface area contributed by atoms with E-state index in [0.717, 1.165) is 32.1 Å². The second-order valence-electron chi connectivity index (χ2n) is 6.03. The molecule has 15 heavy (non-hydrogen) atoms. The van der Waals surface area contributed by atoms with Crippen molar-refractivity contribution in [2.45, 2.75) is 44.6 Å². The minimum atomic E-state index is -0.661. The maximum Gasteiger partial charge on any atom is 0.303 e. The van der Waals surface area contributed by atoms with Crippen LogP contribution in [0.2, 0.25) is 0 Å². The van der Waals surface area contributed by atoms with Crippen LogP contribution in [0.25, 0.3) is 0 Å². The summed E-state index contributed by atoms with van der Waals surface area (Å²) in [6, 6.07) is 0. The average molecular weight is 210 g/mol. The molecule has 4 aliphatic carbocycles. The molecule has 0 aromatic rings. The van der Waals surface area contributed by atoms with Gasteiger partial charge in [-0.15, -0.1) is 0 Å². The van der Waals surface area contributed by atoms with E-state index in [0.29, 0.717) is 24.2 Å². The van der Waals surface area contributed by atoms with Crippen LogP contribution in [0, 0.1) is 23.2 Å². The van der Waals surface area contributed by atoms with Gasteiger partial charge in [-0.25, -0.2) is 0 Å². The smallest absolute Gasteiger partial charge is 0.303 e. The Morgan fingerprint density at radius 1 is 1.20 bits per heavy atom. The lowest BCUT2D eigenvalue weighted by Crippen LogP contribution is -2.53. The Hall–Kier alpha value is -0.570. The van der Waals surface area contributed by atoms with Crippen LogP contribution in [0.3, 0.4) is 0 Å². The summed E-state index contributed by atoms with van der Waals surface area (Å²) in [6.07, 6.45) is 5.46. The number of rotatable bonds is 2. The Morgan fingerprint density at radius 2 is 1.80 bits per heavy atom. The van der Waals surface area contributed by atoms with Crippen LogP contribution in [-0.4, -0.2) is 22.3 Å². The lowest BCUT2D eigenvalue weighted by molar-refractivity contribution is -0.158. The summed E-state index contributed by atoms with van der Waals surface area (Å²) in [5.41, 5.74) is 0.0432. The molecule has 4 rings (SSSR count). The van der Waals surface area contributed by atoms with E-state index in [4.69, 9.17) is 5.11 Å². The molecule has 0 heterocycles. The van der Waals surface area contributed by atoms with E-state index in [-0.39, 0.29) is 11.5 Å². The minimum Gasteiger partial charge on any atom is -0.481 e. The van der Waals surface area contributed by atoms with E-state index < -0.39 is 5.97 Å². The molecule has 4 fully saturated rings. The highest BCUT2D eigenvalue weighted by Crippen LogP contribution is 2.61. The van der Waals surface area contributed by atoms with Crippen LogP contribution in [0.1, 0.15) is 38.5 Å². The van der Waals surface area contributed by atoms with Gasteiger partial charge < -0.3 is 10.2 Å². The molecule has 4 aliphatic rings. The second-order valence-corrected chi connectivity index (χ2v) is 6.03. The van der Waals surface area contributed by atoms with Gasteiger partial charge in [0.1, 0.15) is 0 Å². The molecule has 0 amide bonds. The number of aliphatic carboxylic acids is 1. The molecule has 84 valence electrons. The topological polar surface area (TPSA) is 57.5 Å². The minimum absolute atomic E-state index is 0.0432. The fraction of sp³-hybridized carbons (Fsp3) is 0.917. The fourth-order valence-electron chi connectivity index (χ4n) is 4.70. The number of aliphatic hydroxyl groups is 1. The third-order valence-electron chi connectivity index (χ3n) is 4.88. The molecule has 2 unspecified atom stereocenters. The lowest BCUT2D eigenvalue weighted by atomic mass is 9.48. The van der Waals surface area contributed by atoms with Gasteiger partial charge in [0.25, 0.3) is 0 Å². The van der Waals surface area contributed by atoms with Gasteiger partial charge in [-0.3, -0.25) is 4.79 Å². The molecule has 0 aliphatic heterocycles. The number of carbonyl (C=O) groups is 1. The van der Waals surface area contributed by atoms with Crippen LogP contribution in [0.4, 0.5) is 0 Å². The fourth-order valence-corrected chi connectivity index (χ4v) is 4.70. The lowest BCUT2D eigenvalue weighted by Gasteiger charge is -2.58. The van der Waals surface area contributed by atoms with E-state index in [1.807, 2.05) is 0 Å². The van der Waals surface area contributed by atoms with Gasteiger partial charge >= 0.3 is 5.97 Å². The van der Waals surface area contributed by atoms with Crippen molar-refractivity contribution in [3.05, 3.63) is 0 Å². The summed E-state index contributed by atoms with van der Waals surface area (Å²) in [5.74, 6) is 0.836. The molecule has 3 nitrogen and oxygen atoms in total. The molecular formula is C12H18O3. The number of hydrogen-bond donors (Lipinski definition) is 2. The summed E-state index contributed by atoms with van der Waals surface area (Å²) in [5, 5.41) is 19.0. The van der Waals surface area contributed by atoms with Gasteiger partial charge in [-0.05, 0) is 55.3 Å². The van der Waals surface area contributed by atoms with Crippen LogP contribution in [0.15, 0.2) is 0 Å². The normalized spacial score (nSPS) is 52.1. The zero-order chi connectivity index (χ0) is 10.6. The van der Waals surface area contributed by atoms with Crippen molar-refractivity contribution in [2.75, 3.05) is 0 Å². The Balaban J connectivity index is 1.85. The molecule has 0 aromatic carbocycles. The highest BCUT2D eigenvalue weighted by Gasteiger charge is 2.55. The van der Waals surface area contributed by atoms with Gasteiger partial charge in [-0.1, -0.05) is 0 Å². The molecule has 4 bridgehead atoms. The van der Waals surface area contributed by atoms with Crippen LogP contribution >= 0.6 is 0 Å². The van der Waals surface area contributed by atoms with Crippen molar-refractivity contribution >= 4 is 5.97 Å². The largest absolute Gasteiger partial charge is 0.481 e. The number of carboxylic acids is 1. The summed E-state index contributed by atoms with van der Waals surface area (Å²) < 4.78 is 0. The van der Waals surface area contributed by atoms with Crippen molar-refractivity contribution in [3.8, 4) is 0 Å². The van der Waals surface area contributed by atoms with Crippen molar-refractivity contribution in [1.82, 2.24) is 0 Å². The van der Waals surface area contributed by atoms with Gasteiger partial charge in [-0.2, -0.15) is 0 Å². The third kappa shape index (κ3) is 1.40. The highest BCUT2D eigenvalue weighted by molar-refractivity contribution is 5.67. The zero-order valence-corrected chi connectivity index (χ0v) is 8.85. The van der Waals surface area contributed by atoms with E-state index in [1.54, 1.807) is 0 Å². The first-order valence-corrected chi connectivity index (χ1v) is 5.98. The highest BCUT2D eigenvalue weighted by atomic mass is 16.4.